The Labute approximate surface area is 140 Å². The number of amides is 1. The van der Waals surface area contributed by atoms with Crippen LogP contribution in [0.2, 0.25) is 0 Å². The highest BCUT2D eigenvalue weighted by Crippen LogP contribution is 2.31. The van der Waals surface area contributed by atoms with Gasteiger partial charge in [-0.25, -0.2) is 0 Å². The third kappa shape index (κ3) is 3.98. The van der Waals surface area contributed by atoms with Gasteiger partial charge in [-0.05, 0) is 30.9 Å². The molecular formula is C19H30N2O2. The molecule has 1 saturated heterocycles. The van der Waals surface area contributed by atoms with E-state index in [2.05, 4.69) is 30.1 Å². The second kappa shape index (κ2) is 7.24. The highest BCUT2D eigenvalue weighted by molar-refractivity contribution is 5.82. The van der Waals surface area contributed by atoms with Crippen LogP contribution in [0.5, 0.6) is 5.75 Å². The number of hydrogen-bond donors (Lipinski definition) is 1. The summed E-state index contributed by atoms with van der Waals surface area (Å²) >= 11 is 0. The standard InChI is InChI=1S/C19H30N2O2/c1-14(2)19(3,4)18(22)20-15-10-12-21(13-11-15)16-8-6-7-9-17(16)23-5/h6-9,14-15H,10-13H2,1-5H3,(H,20,22). The van der Waals surface area contributed by atoms with E-state index in [9.17, 15) is 4.79 Å². The Hall–Kier alpha value is -1.71. The van der Waals surface area contributed by atoms with Crippen molar-refractivity contribution < 1.29 is 9.53 Å². The molecule has 1 amide bonds. The number of nitrogens with one attached hydrogen (secondary N) is 1. The van der Waals surface area contributed by atoms with Crippen molar-refractivity contribution in [2.75, 3.05) is 25.1 Å². The third-order valence-corrected chi connectivity index (χ3v) is 5.28. The molecule has 0 atom stereocenters. The largest absolute Gasteiger partial charge is 0.495 e. The number of methoxy groups -OCH3 is 1. The normalized spacial score (nSPS) is 16.5. The number of ether oxygens (including phenoxy) is 1. The summed E-state index contributed by atoms with van der Waals surface area (Å²) in [6.07, 6.45) is 1.94. The third-order valence-electron chi connectivity index (χ3n) is 5.28. The van der Waals surface area contributed by atoms with E-state index in [1.807, 2.05) is 32.0 Å². The van der Waals surface area contributed by atoms with E-state index < -0.39 is 0 Å². The van der Waals surface area contributed by atoms with Gasteiger partial charge in [0, 0.05) is 24.5 Å². The number of para-hydroxylation sites is 2. The van der Waals surface area contributed by atoms with Crippen molar-refractivity contribution >= 4 is 11.6 Å². The molecule has 0 unspecified atom stereocenters. The Kier molecular flexibility index (Phi) is 5.55. The van der Waals surface area contributed by atoms with Crippen LogP contribution >= 0.6 is 0 Å². The fourth-order valence-corrected chi connectivity index (χ4v) is 2.79. The van der Waals surface area contributed by atoms with Gasteiger partial charge in [0.2, 0.25) is 5.91 Å². The first kappa shape index (κ1) is 17.6. The zero-order valence-corrected chi connectivity index (χ0v) is 15.1. The molecule has 0 bridgehead atoms. The van der Waals surface area contributed by atoms with Crippen LogP contribution < -0.4 is 15.0 Å². The fraction of sp³-hybridized carbons (Fsp3) is 0.632. The molecule has 1 heterocycles. The summed E-state index contributed by atoms with van der Waals surface area (Å²) in [6.45, 7) is 10.1. The number of benzene rings is 1. The van der Waals surface area contributed by atoms with Gasteiger partial charge in [-0.2, -0.15) is 0 Å². The second-order valence-electron chi connectivity index (χ2n) is 7.28. The second-order valence-corrected chi connectivity index (χ2v) is 7.28. The van der Waals surface area contributed by atoms with Crippen LogP contribution in [0.25, 0.3) is 0 Å². The average molecular weight is 318 g/mol. The number of carbonyl (C=O) groups is 1. The first-order valence-electron chi connectivity index (χ1n) is 8.55. The monoisotopic (exact) mass is 318 g/mol. The molecule has 2 rings (SSSR count). The maximum absolute atomic E-state index is 12.5. The molecule has 1 aromatic rings. The summed E-state index contributed by atoms with van der Waals surface area (Å²) in [5.41, 5.74) is 0.821. The molecule has 1 N–H and O–H groups in total. The van der Waals surface area contributed by atoms with E-state index in [0.717, 1.165) is 37.4 Å². The first-order chi connectivity index (χ1) is 10.9. The summed E-state index contributed by atoms with van der Waals surface area (Å²) in [7, 11) is 1.71. The predicted octanol–water partition coefficient (Wildman–Crippen LogP) is 3.46. The van der Waals surface area contributed by atoms with Gasteiger partial charge in [0.25, 0.3) is 0 Å². The van der Waals surface area contributed by atoms with Gasteiger partial charge in [-0.1, -0.05) is 39.8 Å². The van der Waals surface area contributed by atoms with Crippen molar-refractivity contribution in [1.29, 1.82) is 0 Å². The van der Waals surface area contributed by atoms with Gasteiger partial charge in [0.05, 0.1) is 12.8 Å². The van der Waals surface area contributed by atoms with Crippen LogP contribution in [-0.4, -0.2) is 32.1 Å². The van der Waals surface area contributed by atoms with Gasteiger partial charge >= 0.3 is 0 Å². The van der Waals surface area contributed by atoms with Crippen LogP contribution in [0, 0.1) is 11.3 Å². The predicted molar refractivity (Wildman–Crippen MR) is 95.0 cm³/mol. The Balaban J connectivity index is 1.93. The minimum Gasteiger partial charge on any atom is -0.495 e. The number of hydrogen-bond acceptors (Lipinski definition) is 3. The molecule has 0 saturated carbocycles. The van der Waals surface area contributed by atoms with E-state index in [1.165, 1.54) is 0 Å². The van der Waals surface area contributed by atoms with Crippen molar-refractivity contribution in [1.82, 2.24) is 5.32 Å². The molecule has 4 nitrogen and oxygen atoms in total. The lowest BCUT2D eigenvalue weighted by atomic mass is 9.80. The summed E-state index contributed by atoms with van der Waals surface area (Å²) < 4.78 is 5.45. The Bertz CT molecular complexity index is 532. The van der Waals surface area contributed by atoms with Gasteiger partial charge in [0.1, 0.15) is 5.75 Å². The van der Waals surface area contributed by atoms with Crippen LogP contribution in [-0.2, 0) is 4.79 Å². The molecule has 0 aliphatic carbocycles. The zero-order valence-electron chi connectivity index (χ0n) is 15.1. The fourth-order valence-electron chi connectivity index (χ4n) is 2.79. The highest BCUT2D eigenvalue weighted by Gasteiger charge is 2.33. The quantitative estimate of drug-likeness (QED) is 0.904. The lowest BCUT2D eigenvalue weighted by molar-refractivity contribution is -0.132. The van der Waals surface area contributed by atoms with E-state index in [1.54, 1.807) is 7.11 Å². The minimum atomic E-state index is -0.320. The Morgan fingerprint density at radius 3 is 2.43 bits per heavy atom. The average Bonchev–Trinajstić information content (AvgIpc) is 2.55. The van der Waals surface area contributed by atoms with E-state index in [-0.39, 0.29) is 17.4 Å². The van der Waals surface area contributed by atoms with Crippen molar-refractivity contribution in [2.24, 2.45) is 11.3 Å². The number of carbonyl (C=O) groups excluding carboxylic acids is 1. The molecular weight excluding hydrogens is 288 g/mol. The number of rotatable bonds is 5. The zero-order chi connectivity index (χ0) is 17.0. The number of piperidine rings is 1. The smallest absolute Gasteiger partial charge is 0.226 e. The van der Waals surface area contributed by atoms with E-state index >= 15 is 0 Å². The highest BCUT2D eigenvalue weighted by atomic mass is 16.5. The van der Waals surface area contributed by atoms with Gasteiger partial charge in [-0.3, -0.25) is 4.79 Å². The van der Waals surface area contributed by atoms with Crippen LogP contribution in [0.3, 0.4) is 0 Å². The van der Waals surface area contributed by atoms with Gasteiger partial charge < -0.3 is 15.0 Å². The SMILES string of the molecule is COc1ccccc1N1CCC(NC(=O)C(C)(C)C(C)C)CC1. The topological polar surface area (TPSA) is 41.6 Å². The summed E-state index contributed by atoms with van der Waals surface area (Å²) in [5.74, 6) is 1.41. The van der Waals surface area contributed by atoms with Crippen molar-refractivity contribution in [2.45, 2.75) is 46.6 Å². The van der Waals surface area contributed by atoms with Crippen LogP contribution in [0.15, 0.2) is 24.3 Å². The van der Waals surface area contributed by atoms with Crippen molar-refractivity contribution in [3.8, 4) is 5.75 Å². The summed E-state index contributed by atoms with van der Waals surface area (Å²) in [5, 5.41) is 3.24. The maximum Gasteiger partial charge on any atom is 0.226 e. The summed E-state index contributed by atoms with van der Waals surface area (Å²) in [4.78, 5) is 14.8. The lowest BCUT2D eigenvalue weighted by Gasteiger charge is -2.36. The maximum atomic E-state index is 12.5. The molecule has 0 aromatic heterocycles. The molecule has 23 heavy (non-hydrogen) atoms. The van der Waals surface area contributed by atoms with Gasteiger partial charge in [0.15, 0.2) is 0 Å². The molecule has 1 aromatic carbocycles. The molecule has 128 valence electrons. The molecule has 0 radical (unpaired) electrons. The molecule has 4 heteroatoms. The van der Waals surface area contributed by atoms with Crippen LogP contribution in [0.4, 0.5) is 5.69 Å². The van der Waals surface area contributed by atoms with Crippen molar-refractivity contribution in [3.05, 3.63) is 24.3 Å². The molecule has 1 fully saturated rings. The van der Waals surface area contributed by atoms with Crippen molar-refractivity contribution in [3.63, 3.8) is 0 Å². The summed E-state index contributed by atoms with van der Waals surface area (Å²) in [6, 6.07) is 8.39. The van der Waals surface area contributed by atoms with E-state index in [0.29, 0.717) is 5.92 Å². The Morgan fingerprint density at radius 2 is 1.87 bits per heavy atom. The molecule has 0 spiro atoms. The number of anilines is 1. The van der Waals surface area contributed by atoms with E-state index in [4.69, 9.17) is 4.74 Å². The lowest BCUT2D eigenvalue weighted by Crippen LogP contribution is -2.49. The number of nitrogens with zero attached hydrogens (tertiary/aromatic N) is 1. The molecule has 1 aliphatic heterocycles. The molecule has 1 aliphatic rings. The van der Waals surface area contributed by atoms with Gasteiger partial charge in [-0.15, -0.1) is 0 Å². The first-order valence-corrected chi connectivity index (χ1v) is 8.55. The van der Waals surface area contributed by atoms with Crippen LogP contribution in [0.1, 0.15) is 40.5 Å². The Morgan fingerprint density at radius 1 is 1.26 bits per heavy atom. The minimum absolute atomic E-state index is 0.170.